The Balaban J connectivity index is 3.88. The van der Waals surface area contributed by atoms with Crippen LogP contribution in [0.5, 0.6) is 0 Å². The van der Waals surface area contributed by atoms with Gasteiger partial charge in [0.15, 0.2) is 12.7 Å². The van der Waals surface area contributed by atoms with Crippen molar-refractivity contribution in [3.8, 4) is 0 Å². The Kier molecular flexibility index (Phi) is 5.77. The highest BCUT2D eigenvalue weighted by atomic mass is 16.6. The van der Waals surface area contributed by atoms with Crippen LogP contribution in [0.3, 0.4) is 0 Å². The highest BCUT2D eigenvalue weighted by Crippen LogP contribution is 1.95. The van der Waals surface area contributed by atoms with Crippen LogP contribution in [0.2, 0.25) is 0 Å². The molecule has 0 fully saturated rings. The van der Waals surface area contributed by atoms with Gasteiger partial charge in [0.2, 0.25) is 0 Å². The van der Waals surface area contributed by atoms with Crippen molar-refractivity contribution in [1.82, 2.24) is 0 Å². The Bertz CT molecular complexity index is 270. The van der Waals surface area contributed by atoms with Crippen molar-refractivity contribution in [2.75, 3.05) is 13.7 Å². The van der Waals surface area contributed by atoms with Gasteiger partial charge < -0.3 is 14.2 Å². The van der Waals surface area contributed by atoms with E-state index in [1.54, 1.807) is 0 Å². The summed E-state index contributed by atoms with van der Waals surface area (Å²) in [4.78, 5) is 32.3. The summed E-state index contributed by atoms with van der Waals surface area (Å²) in [5.41, 5.74) is 0. The fourth-order valence-electron chi connectivity index (χ4n) is 0.634. The molecule has 0 aliphatic heterocycles. The highest BCUT2D eigenvalue weighted by molar-refractivity contribution is 5.84. The third-order valence-electron chi connectivity index (χ3n) is 1.34. The summed E-state index contributed by atoms with van der Waals surface area (Å²) < 4.78 is 13.3. The second-order valence-corrected chi connectivity index (χ2v) is 2.47. The summed E-state index contributed by atoms with van der Waals surface area (Å²) in [6.07, 6.45) is -0.110. The van der Waals surface area contributed by atoms with E-state index in [0.717, 1.165) is 6.08 Å². The van der Waals surface area contributed by atoms with Gasteiger partial charge in [0, 0.05) is 6.08 Å². The summed E-state index contributed by atoms with van der Waals surface area (Å²) in [5, 5.41) is 0. The lowest BCUT2D eigenvalue weighted by atomic mass is 10.4. The molecule has 0 aromatic carbocycles. The molecule has 0 radical (unpaired) electrons. The van der Waals surface area contributed by atoms with E-state index in [2.05, 4.69) is 20.8 Å². The van der Waals surface area contributed by atoms with E-state index in [4.69, 9.17) is 0 Å². The van der Waals surface area contributed by atoms with Crippen LogP contribution in [0.4, 0.5) is 0 Å². The molecular weight excluding hydrogens is 204 g/mol. The lowest BCUT2D eigenvalue weighted by Crippen LogP contribution is -2.27. The maximum atomic E-state index is 11.0. The van der Waals surface area contributed by atoms with Gasteiger partial charge in [-0.05, 0) is 6.92 Å². The molecule has 15 heavy (non-hydrogen) atoms. The van der Waals surface area contributed by atoms with E-state index in [-0.39, 0.29) is 0 Å². The first kappa shape index (κ1) is 13.2. The quantitative estimate of drug-likeness (QED) is 0.360. The average Bonchev–Trinajstić information content (AvgIpc) is 2.24. The van der Waals surface area contributed by atoms with Crippen molar-refractivity contribution in [1.29, 1.82) is 0 Å². The molecule has 0 aliphatic carbocycles. The molecule has 0 bridgehead atoms. The number of rotatable bonds is 5. The number of carbonyl (C=O) groups excluding carboxylic acids is 3. The third kappa shape index (κ3) is 5.45. The lowest BCUT2D eigenvalue weighted by Gasteiger charge is -2.10. The molecule has 6 nitrogen and oxygen atoms in total. The van der Waals surface area contributed by atoms with Crippen LogP contribution in [-0.2, 0) is 28.6 Å². The van der Waals surface area contributed by atoms with E-state index in [0.29, 0.717) is 0 Å². The second-order valence-electron chi connectivity index (χ2n) is 2.47. The first-order valence-corrected chi connectivity index (χ1v) is 4.07. The molecule has 0 N–H and O–H groups in total. The van der Waals surface area contributed by atoms with Crippen LogP contribution in [-0.4, -0.2) is 37.7 Å². The van der Waals surface area contributed by atoms with Crippen molar-refractivity contribution >= 4 is 17.9 Å². The fraction of sp³-hybridized carbons (Fsp3) is 0.444. The van der Waals surface area contributed by atoms with Gasteiger partial charge in [0.25, 0.3) is 0 Å². The fourth-order valence-corrected chi connectivity index (χ4v) is 0.634. The molecule has 6 heteroatoms. The number of hydrogen-bond donors (Lipinski definition) is 0. The second kappa shape index (κ2) is 6.58. The molecule has 0 amide bonds. The standard InChI is InChI=1S/C9H12O6/c1-4-7(10)14-5-8(11)15-6(2)9(12)13-3/h4,6H,1,5H2,2-3H3. The Hall–Kier alpha value is -1.85. The van der Waals surface area contributed by atoms with Crippen molar-refractivity contribution in [2.24, 2.45) is 0 Å². The molecular formula is C9H12O6. The zero-order chi connectivity index (χ0) is 11.8. The lowest BCUT2D eigenvalue weighted by molar-refractivity contribution is -0.169. The van der Waals surface area contributed by atoms with Gasteiger partial charge >= 0.3 is 17.9 Å². The monoisotopic (exact) mass is 216 g/mol. The summed E-state index contributed by atoms with van der Waals surface area (Å²) in [7, 11) is 1.17. The van der Waals surface area contributed by atoms with Crippen LogP contribution < -0.4 is 0 Å². The van der Waals surface area contributed by atoms with Crippen LogP contribution in [0.15, 0.2) is 12.7 Å². The number of methoxy groups -OCH3 is 1. The Morgan fingerprint density at radius 2 is 2.00 bits per heavy atom. The first-order chi connectivity index (χ1) is 7.01. The van der Waals surface area contributed by atoms with Crippen LogP contribution in [0.25, 0.3) is 0 Å². The number of hydrogen-bond acceptors (Lipinski definition) is 6. The summed E-state index contributed by atoms with van der Waals surface area (Å²) in [6.45, 7) is 3.92. The van der Waals surface area contributed by atoms with Crippen LogP contribution in [0, 0.1) is 0 Å². The van der Waals surface area contributed by atoms with Gasteiger partial charge in [-0.2, -0.15) is 0 Å². The number of carbonyl (C=O) groups is 3. The molecule has 0 aliphatic rings. The molecule has 1 atom stereocenters. The number of ether oxygens (including phenoxy) is 3. The third-order valence-corrected chi connectivity index (χ3v) is 1.34. The van der Waals surface area contributed by atoms with Gasteiger partial charge in [0.1, 0.15) is 0 Å². The van der Waals surface area contributed by atoms with Crippen molar-refractivity contribution in [3.63, 3.8) is 0 Å². The molecule has 0 heterocycles. The molecule has 0 spiro atoms. The first-order valence-electron chi connectivity index (χ1n) is 4.07. The molecule has 1 unspecified atom stereocenters. The average molecular weight is 216 g/mol. The topological polar surface area (TPSA) is 78.9 Å². The molecule has 0 rings (SSSR count). The Morgan fingerprint density at radius 3 is 2.47 bits per heavy atom. The van der Waals surface area contributed by atoms with E-state index in [9.17, 15) is 14.4 Å². The maximum Gasteiger partial charge on any atom is 0.346 e. The van der Waals surface area contributed by atoms with Gasteiger partial charge in [-0.3, -0.25) is 0 Å². The predicted octanol–water partition coefficient (Wildman–Crippen LogP) is -0.180. The van der Waals surface area contributed by atoms with Crippen LogP contribution in [0.1, 0.15) is 6.92 Å². The van der Waals surface area contributed by atoms with Gasteiger partial charge in [0.05, 0.1) is 7.11 Å². The van der Waals surface area contributed by atoms with Crippen molar-refractivity contribution in [3.05, 3.63) is 12.7 Å². The van der Waals surface area contributed by atoms with E-state index in [1.807, 2.05) is 0 Å². The van der Waals surface area contributed by atoms with E-state index >= 15 is 0 Å². The SMILES string of the molecule is C=CC(=O)OCC(=O)OC(C)C(=O)OC. The predicted molar refractivity (Wildman–Crippen MR) is 48.7 cm³/mol. The summed E-state index contributed by atoms with van der Waals surface area (Å²) in [6, 6.07) is 0. The Labute approximate surface area is 86.8 Å². The molecule has 84 valence electrons. The van der Waals surface area contributed by atoms with E-state index in [1.165, 1.54) is 14.0 Å². The highest BCUT2D eigenvalue weighted by Gasteiger charge is 2.18. The van der Waals surface area contributed by atoms with Gasteiger partial charge in [-0.15, -0.1) is 0 Å². The van der Waals surface area contributed by atoms with Gasteiger partial charge in [-0.25, -0.2) is 14.4 Å². The normalized spacial score (nSPS) is 11.1. The molecule has 0 aromatic rings. The molecule has 0 saturated carbocycles. The minimum absolute atomic E-state index is 0.563. The molecule has 0 saturated heterocycles. The zero-order valence-electron chi connectivity index (χ0n) is 8.52. The van der Waals surface area contributed by atoms with Crippen molar-refractivity contribution < 1.29 is 28.6 Å². The largest absolute Gasteiger partial charge is 0.466 e. The zero-order valence-corrected chi connectivity index (χ0v) is 8.52. The van der Waals surface area contributed by atoms with Gasteiger partial charge in [-0.1, -0.05) is 6.58 Å². The smallest absolute Gasteiger partial charge is 0.346 e. The van der Waals surface area contributed by atoms with Crippen LogP contribution >= 0.6 is 0 Å². The minimum Gasteiger partial charge on any atom is -0.466 e. The Morgan fingerprint density at radius 1 is 1.40 bits per heavy atom. The summed E-state index contributed by atoms with van der Waals surface area (Å²) in [5.74, 6) is -2.25. The number of esters is 3. The maximum absolute atomic E-state index is 11.0. The van der Waals surface area contributed by atoms with E-state index < -0.39 is 30.6 Å². The molecule has 0 aromatic heterocycles. The summed E-state index contributed by atoms with van der Waals surface area (Å²) >= 11 is 0. The minimum atomic E-state index is -1.02. The van der Waals surface area contributed by atoms with Crippen molar-refractivity contribution in [2.45, 2.75) is 13.0 Å².